The van der Waals surface area contributed by atoms with Crippen LogP contribution in [0.5, 0.6) is 0 Å². The number of carbonyl (C=O) groups is 1. The Morgan fingerprint density at radius 3 is 2.36 bits per heavy atom. The summed E-state index contributed by atoms with van der Waals surface area (Å²) in [5.41, 5.74) is 5.63. The van der Waals surface area contributed by atoms with Crippen LogP contribution in [0, 0.1) is 5.75 Å². The lowest BCUT2D eigenvalue weighted by atomic mass is 9.90. The van der Waals surface area contributed by atoms with Crippen LogP contribution in [0.3, 0.4) is 0 Å². The van der Waals surface area contributed by atoms with E-state index >= 15 is 0 Å². The fourth-order valence-electron chi connectivity index (χ4n) is 3.20. The van der Waals surface area contributed by atoms with E-state index in [4.69, 9.17) is 5.73 Å². The van der Waals surface area contributed by atoms with Crippen LogP contribution in [0.1, 0.15) is 19.3 Å². The van der Waals surface area contributed by atoms with Gasteiger partial charge in [-0.15, -0.1) is 0 Å². The summed E-state index contributed by atoms with van der Waals surface area (Å²) in [7, 11) is -3.83. The topological polar surface area (TPSA) is 89.3 Å². The molecule has 5 nitrogen and oxygen atoms in total. The number of hydrogen-bond acceptors (Lipinski definition) is 4. The molecule has 0 aliphatic carbocycles. The monoisotopic (exact) mass is 357 g/mol. The summed E-state index contributed by atoms with van der Waals surface area (Å²) in [5.74, 6) is 0.441. The number of primary amides is 1. The van der Waals surface area contributed by atoms with Crippen molar-refractivity contribution in [2.45, 2.75) is 29.7 Å². The molecular weight excluding hydrogens is 336 g/mol. The summed E-state index contributed by atoms with van der Waals surface area (Å²) < 4.78 is 26.2. The van der Waals surface area contributed by atoms with Gasteiger partial charge in [0, 0.05) is 5.56 Å². The van der Waals surface area contributed by atoms with Crippen molar-refractivity contribution in [3.8, 4) is 11.1 Å². The second-order valence-corrected chi connectivity index (χ2v) is 8.01. The molecule has 3 rings (SSSR count). The van der Waals surface area contributed by atoms with E-state index in [0.717, 1.165) is 24.2 Å². The van der Waals surface area contributed by atoms with Crippen molar-refractivity contribution in [2.24, 2.45) is 5.73 Å². The Balaban J connectivity index is 2.02. The minimum atomic E-state index is -3.83. The lowest BCUT2D eigenvalue weighted by molar-refractivity contribution is -0.123. The predicted molar refractivity (Wildman–Crippen MR) is 97.1 cm³/mol. The number of benzene rings is 2. The number of hydrogen-bond donors (Lipinski definition) is 2. The van der Waals surface area contributed by atoms with E-state index in [2.05, 4.69) is 5.32 Å². The molecule has 6 heteroatoms. The van der Waals surface area contributed by atoms with Gasteiger partial charge in [0.2, 0.25) is 5.91 Å². The highest BCUT2D eigenvalue weighted by atomic mass is 32.2. The zero-order valence-electron chi connectivity index (χ0n) is 13.8. The Labute approximate surface area is 148 Å². The van der Waals surface area contributed by atoms with Crippen molar-refractivity contribution in [2.75, 3.05) is 6.54 Å². The van der Waals surface area contributed by atoms with Gasteiger partial charge in [0.1, 0.15) is 11.3 Å². The van der Waals surface area contributed by atoms with Gasteiger partial charge >= 0.3 is 0 Å². The van der Waals surface area contributed by atoms with E-state index in [1.807, 2.05) is 30.3 Å². The van der Waals surface area contributed by atoms with E-state index in [-0.39, 0.29) is 4.90 Å². The number of rotatable bonds is 5. The summed E-state index contributed by atoms with van der Waals surface area (Å²) >= 11 is 0. The van der Waals surface area contributed by atoms with E-state index in [1.54, 1.807) is 24.3 Å². The first-order valence-corrected chi connectivity index (χ1v) is 9.80. The summed E-state index contributed by atoms with van der Waals surface area (Å²) in [6, 6.07) is 16.1. The van der Waals surface area contributed by atoms with Crippen molar-refractivity contribution in [1.82, 2.24) is 5.32 Å². The van der Waals surface area contributed by atoms with Crippen molar-refractivity contribution >= 4 is 15.7 Å². The fourth-order valence-corrected chi connectivity index (χ4v) is 4.93. The molecule has 3 N–H and O–H groups in total. The molecule has 1 atom stereocenters. The van der Waals surface area contributed by atoms with Crippen molar-refractivity contribution in [1.29, 1.82) is 0 Å². The number of piperidine rings is 1. The van der Waals surface area contributed by atoms with Gasteiger partial charge in [-0.1, -0.05) is 48.5 Å². The normalized spacial score (nSPS) is 21.0. The third kappa shape index (κ3) is 3.60. The number of carbonyl (C=O) groups excluding carboxylic acids is 1. The van der Waals surface area contributed by atoms with Gasteiger partial charge < -0.3 is 11.1 Å². The van der Waals surface area contributed by atoms with Crippen LogP contribution in [0.2, 0.25) is 0 Å². The van der Waals surface area contributed by atoms with E-state index in [9.17, 15) is 13.2 Å². The molecule has 2 aromatic carbocycles. The van der Waals surface area contributed by atoms with Crippen LogP contribution >= 0.6 is 0 Å². The average molecular weight is 357 g/mol. The first-order chi connectivity index (χ1) is 11.9. The average Bonchev–Trinajstić information content (AvgIpc) is 2.63. The molecule has 2 aromatic rings. The molecular formula is C19H21N2O3S. The number of amides is 1. The number of nitrogens with one attached hydrogen (secondary N) is 1. The Kier molecular flexibility index (Phi) is 4.92. The zero-order valence-corrected chi connectivity index (χ0v) is 14.6. The molecule has 131 valence electrons. The van der Waals surface area contributed by atoms with Gasteiger partial charge in [-0.3, -0.25) is 4.79 Å². The highest BCUT2D eigenvalue weighted by Gasteiger charge is 2.43. The summed E-state index contributed by atoms with van der Waals surface area (Å²) in [4.78, 5) is 12.2. The quantitative estimate of drug-likeness (QED) is 0.859. The molecule has 1 aliphatic rings. The molecule has 1 saturated heterocycles. The molecule has 1 amide bonds. The molecule has 1 aliphatic heterocycles. The molecule has 1 radical (unpaired) electrons. The lowest BCUT2D eigenvalue weighted by Gasteiger charge is -2.34. The van der Waals surface area contributed by atoms with Crippen molar-refractivity contribution in [3.63, 3.8) is 0 Å². The van der Waals surface area contributed by atoms with Gasteiger partial charge in [0.15, 0.2) is 9.84 Å². The van der Waals surface area contributed by atoms with Gasteiger partial charge in [-0.25, -0.2) is 8.42 Å². The first-order valence-electron chi connectivity index (χ1n) is 8.25. The van der Waals surface area contributed by atoms with E-state index in [0.29, 0.717) is 18.5 Å². The molecule has 0 saturated carbocycles. The SMILES string of the molecule is NC(=O)[C@]1([CH]S(=O)(=O)c2ccccc2-c2ccccc2)CCCCN1. The Hall–Kier alpha value is -2.18. The molecule has 0 unspecified atom stereocenters. The van der Waals surface area contributed by atoms with E-state index < -0.39 is 21.3 Å². The number of sulfone groups is 1. The first kappa shape index (κ1) is 17.6. The third-order valence-corrected chi connectivity index (χ3v) is 6.19. The molecule has 1 heterocycles. The predicted octanol–water partition coefficient (Wildman–Crippen LogP) is 2.29. The molecule has 0 aromatic heterocycles. The van der Waals surface area contributed by atoms with Crippen LogP contribution in [0.15, 0.2) is 59.5 Å². The Morgan fingerprint density at radius 2 is 1.72 bits per heavy atom. The van der Waals surface area contributed by atoms with Gasteiger partial charge in [0.05, 0.1) is 4.90 Å². The maximum Gasteiger partial charge on any atom is 0.239 e. The zero-order chi connectivity index (χ0) is 17.9. The number of nitrogens with two attached hydrogens (primary N) is 1. The summed E-state index contributed by atoms with van der Waals surface area (Å²) in [5, 5.41) is 3.01. The minimum Gasteiger partial charge on any atom is -0.368 e. The maximum atomic E-state index is 13.1. The standard InChI is InChI=1S/C19H21N2O3S/c20-18(22)19(12-6-7-13-21-19)14-25(23,24)17-11-5-4-10-16(17)15-8-2-1-3-9-15/h1-5,8-11,14,21H,6-7,12-13H2,(H2,20,22)/t19-/m1/s1. The smallest absolute Gasteiger partial charge is 0.239 e. The minimum absolute atomic E-state index is 0.175. The summed E-state index contributed by atoms with van der Waals surface area (Å²) in [6.45, 7) is 0.565. The largest absolute Gasteiger partial charge is 0.368 e. The highest BCUT2D eigenvalue weighted by molar-refractivity contribution is 7.93. The molecule has 25 heavy (non-hydrogen) atoms. The van der Waals surface area contributed by atoms with Gasteiger partial charge in [-0.2, -0.15) is 0 Å². The fraction of sp³-hybridized carbons (Fsp3) is 0.263. The molecule has 0 bridgehead atoms. The van der Waals surface area contributed by atoms with Crippen LogP contribution in [0.25, 0.3) is 11.1 Å². The van der Waals surface area contributed by atoms with E-state index in [1.165, 1.54) is 0 Å². The lowest BCUT2D eigenvalue weighted by Crippen LogP contribution is -2.59. The van der Waals surface area contributed by atoms with Crippen LogP contribution in [-0.4, -0.2) is 26.4 Å². The van der Waals surface area contributed by atoms with Crippen molar-refractivity contribution in [3.05, 3.63) is 60.4 Å². The van der Waals surface area contributed by atoms with Crippen LogP contribution in [0.4, 0.5) is 0 Å². The maximum absolute atomic E-state index is 13.1. The third-order valence-electron chi connectivity index (χ3n) is 4.51. The molecule has 1 fully saturated rings. The second kappa shape index (κ2) is 6.98. The van der Waals surface area contributed by atoms with Crippen LogP contribution in [-0.2, 0) is 14.6 Å². The molecule has 0 spiro atoms. The second-order valence-electron chi connectivity index (χ2n) is 6.24. The van der Waals surface area contributed by atoms with Gasteiger partial charge in [0.25, 0.3) is 0 Å². The highest BCUT2D eigenvalue weighted by Crippen LogP contribution is 2.33. The van der Waals surface area contributed by atoms with Crippen LogP contribution < -0.4 is 11.1 Å². The van der Waals surface area contributed by atoms with Crippen molar-refractivity contribution < 1.29 is 13.2 Å². The summed E-state index contributed by atoms with van der Waals surface area (Å²) in [6.07, 6.45) is 2.03. The Bertz CT molecular complexity index is 857. The van der Waals surface area contributed by atoms with Gasteiger partial charge in [-0.05, 0) is 37.4 Å². The Morgan fingerprint density at radius 1 is 1.04 bits per heavy atom.